The van der Waals surface area contributed by atoms with E-state index in [1.165, 1.54) is 53.9 Å². The van der Waals surface area contributed by atoms with Crippen LogP contribution in [0.3, 0.4) is 0 Å². The average molecular weight is 299 g/mol. The Labute approximate surface area is 131 Å². The van der Waals surface area contributed by atoms with E-state index in [2.05, 4.69) is 0 Å². The van der Waals surface area contributed by atoms with Crippen molar-refractivity contribution < 1.29 is 35.9 Å². The minimum Gasteiger partial charge on any atom is -0.383 e. The molecule has 0 bridgehead atoms. The van der Waals surface area contributed by atoms with E-state index >= 15 is 0 Å². The zero-order valence-electron chi connectivity index (χ0n) is 12.2. The number of ether oxygens (including phenoxy) is 3. The normalized spacial score (nSPS) is 19.7. The van der Waals surface area contributed by atoms with Gasteiger partial charge in [0.15, 0.2) is 0 Å². The second-order valence-corrected chi connectivity index (χ2v) is 4.90. The fourth-order valence-electron chi connectivity index (χ4n) is 3.07. The van der Waals surface area contributed by atoms with Crippen molar-refractivity contribution in [1.82, 2.24) is 0 Å². The Balaban J connectivity index is 0.00000180. The van der Waals surface area contributed by atoms with Crippen LogP contribution in [-0.4, -0.2) is 41.2 Å². The van der Waals surface area contributed by atoms with Gasteiger partial charge in [-0.15, -0.1) is 0 Å². The summed E-state index contributed by atoms with van der Waals surface area (Å²) in [6.07, 6.45) is 4.92. The van der Waals surface area contributed by atoms with Crippen molar-refractivity contribution in [2.45, 2.75) is 25.7 Å². The van der Waals surface area contributed by atoms with Crippen LogP contribution in [-0.2, 0) is 35.9 Å². The van der Waals surface area contributed by atoms with E-state index in [0.29, 0.717) is 19.8 Å². The van der Waals surface area contributed by atoms with E-state index < -0.39 is 0 Å². The molecule has 2 rings (SSSR count). The molecule has 0 aliphatic heterocycles. The van der Waals surface area contributed by atoms with Crippen LogP contribution < -0.4 is 0 Å². The van der Waals surface area contributed by atoms with E-state index in [0.717, 1.165) is 0 Å². The minimum absolute atomic E-state index is 0. The SMILES string of the molecule is COC[C]1C2=C(CCCC2)C(COC)=C1COC.[Ti]. The molecule has 0 aromatic heterocycles. The first-order chi connectivity index (χ1) is 8.83. The van der Waals surface area contributed by atoms with E-state index in [1.807, 2.05) is 0 Å². The summed E-state index contributed by atoms with van der Waals surface area (Å²) in [6, 6.07) is 0. The number of rotatable bonds is 6. The molecule has 0 amide bonds. The first-order valence-corrected chi connectivity index (χ1v) is 6.61. The second kappa shape index (κ2) is 8.38. The van der Waals surface area contributed by atoms with Gasteiger partial charge in [-0.05, 0) is 42.4 Å². The van der Waals surface area contributed by atoms with Crippen molar-refractivity contribution >= 4 is 0 Å². The van der Waals surface area contributed by atoms with Crippen LogP contribution in [0, 0.1) is 5.92 Å². The van der Waals surface area contributed by atoms with Gasteiger partial charge in [-0.2, -0.15) is 0 Å². The topological polar surface area (TPSA) is 27.7 Å². The van der Waals surface area contributed by atoms with E-state index in [-0.39, 0.29) is 21.7 Å². The van der Waals surface area contributed by atoms with Crippen LogP contribution >= 0.6 is 0 Å². The molecule has 2 aliphatic carbocycles. The van der Waals surface area contributed by atoms with Gasteiger partial charge in [-0.3, -0.25) is 0 Å². The third-order valence-corrected chi connectivity index (χ3v) is 3.79. The minimum atomic E-state index is 0. The van der Waals surface area contributed by atoms with Gasteiger partial charge in [0.2, 0.25) is 0 Å². The first kappa shape index (κ1) is 17.1. The third-order valence-electron chi connectivity index (χ3n) is 3.79. The van der Waals surface area contributed by atoms with E-state index in [1.54, 1.807) is 21.3 Å². The van der Waals surface area contributed by atoms with Crippen LogP contribution in [0.25, 0.3) is 0 Å². The van der Waals surface area contributed by atoms with Gasteiger partial charge in [0.1, 0.15) is 0 Å². The van der Waals surface area contributed by atoms with Gasteiger partial charge in [-0.1, -0.05) is 5.57 Å². The molecule has 0 saturated carbocycles. The molecule has 0 aromatic rings. The molecule has 0 N–H and O–H groups in total. The van der Waals surface area contributed by atoms with Gasteiger partial charge < -0.3 is 14.2 Å². The Morgan fingerprint density at radius 3 is 1.84 bits per heavy atom. The standard InChI is InChI=1S/C15H23O3.Ti/c1-16-8-13-11-6-4-5-7-12(11)14(9-17-2)15(13)10-18-3;/h4-10H2,1-3H3;. The molecule has 0 aromatic carbocycles. The summed E-state index contributed by atoms with van der Waals surface area (Å²) >= 11 is 0. The van der Waals surface area contributed by atoms with Gasteiger partial charge in [-0.25, -0.2) is 0 Å². The molecular weight excluding hydrogens is 276 g/mol. The largest absolute Gasteiger partial charge is 0.383 e. The van der Waals surface area contributed by atoms with Gasteiger partial charge in [0.05, 0.1) is 25.7 Å². The summed E-state index contributed by atoms with van der Waals surface area (Å²) in [5.41, 5.74) is 5.65. The number of methoxy groups -OCH3 is 3. The molecule has 2 aliphatic rings. The molecule has 4 heteroatoms. The Bertz CT molecular complexity index is 360. The molecule has 1 radical (unpaired) electrons. The zero-order valence-corrected chi connectivity index (χ0v) is 13.7. The fourth-order valence-corrected chi connectivity index (χ4v) is 3.07. The zero-order chi connectivity index (χ0) is 13.0. The summed E-state index contributed by atoms with van der Waals surface area (Å²) in [7, 11) is 5.27. The second-order valence-electron chi connectivity index (χ2n) is 4.90. The Kier molecular flexibility index (Phi) is 7.55. The van der Waals surface area contributed by atoms with Crippen molar-refractivity contribution in [3.8, 4) is 0 Å². The predicted molar refractivity (Wildman–Crippen MR) is 71.4 cm³/mol. The molecule has 0 spiro atoms. The molecular formula is C15H23O3Ti. The maximum absolute atomic E-state index is 5.38. The molecule has 19 heavy (non-hydrogen) atoms. The summed E-state index contributed by atoms with van der Waals surface area (Å²) in [4.78, 5) is 0. The molecule has 105 valence electrons. The summed E-state index contributed by atoms with van der Waals surface area (Å²) < 4.78 is 16.1. The first-order valence-electron chi connectivity index (χ1n) is 6.61. The third kappa shape index (κ3) is 3.59. The smallest absolute Gasteiger partial charge is 0.0716 e. The van der Waals surface area contributed by atoms with E-state index in [9.17, 15) is 0 Å². The van der Waals surface area contributed by atoms with Crippen LogP contribution in [0.4, 0.5) is 0 Å². The molecule has 0 heterocycles. The summed E-state index contributed by atoms with van der Waals surface area (Å²) in [6.45, 7) is 2.03. The maximum Gasteiger partial charge on any atom is 0.0716 e. The summed E-state index contributed by atoms with van der Waals surface area (Å²) in [5, 5.41) is 0. The Morgan fingerprint density at radius 1 is 0.737 bits per heavy atom. The van der Waals surface area contributed by atoms with Gasteiger partial charge in [0.25, 0.3) is 0 Å². The molecule has 0 atom stereocenters. The van der Waals surface area contributed by atoms with Crippen LogP contribution in [0.1, 0.15) is 25.7 Å². The Hall–Kier alpha value is 0.0743. The van der Waals surface area contributed by atoms with Crippen molar-refractivity contribution in [3.63, 3.8) is 0 Å². The summed E-state index contributed by atoms with van der Waals surface area (Å²) in [5.74, 6) is 1.35. The monoisotopic (exact) mass is 299 g/mol. The van der Waals surface area contributed by atoms with Gasteiger partial charge >= 0.3 is 0 Å². The number of hydrogen-bond donors (Lipinski definition) is 0. The average Bonchev–Trinajstić information content (AvgIpc) is 2.67. The quantitative estimate of drug-likeness (QED) is 0.706. The molecule has 0 unspecified atom stereocenters. The predicted octanol–water partition coefficient (Wildman–Crippen LogP) is 2.68. The van der Waals surface area contributed by atoms with Crippen LogP contribution in [0.5, 0.6) is 0 Å². The fraction of sp³-hybridized carbons (Fsp3) is 0.667. The van der Waals surface area contributed by atoms with Crippen LogP contribution in [0.15, 0.2) is 22.3 Å². The van der Waals surface area contributed by atoms with E-state index in [4.69, 9.17) is 14.2 Å². The number of hydrogen-bond acceptors (Lipinski definition) is 3. The molecule has 0 fully saturated rings. The molecule has 3 nitrogen and oxygen atoms in total. The van der Waals surface area contributed by atoms with Crippen molar-refractivity contribution in [1.29, 1.82) is 0 Å². The maximum atomic E-state index is 5.38. The van der Waals surface area contributed by atoms with Crippen molar-refractivity contribution in [2.24, 2.45) is 0 Å². The van der Waals surface area contributed by atoms with Gasteiger partial charge in [0, 0.05) is 43.0 Å². The Morgan fingerprint density at radius 2 is 1.26 bits per heavy atom. The molecule has 0 saturated heterocycles. The van der Waals surface area contributed by atoms with Crippen molar-refractivity contribution in [3.05, 3.63) is 28.2 Å². The van der Waals surface area contributed by atoms with Crippen molar-refractivity contribution in [2.75, 3.05) is 41.2 Å². The van der Waals surface area contributed by atoms with Crippen LogP contribution in [0.2, 0.25) is 0 Å².